The van der Waals surface area contributed by atoms with E-state index in [4.69, 9.17) is 15.4 Å². The fourth-order valence-electron chi connectivity index (χ4n) is 2.25. The zero-order valence-electron chi connectivity index (χ0n) is 12.3. The summed E-state index contributed by atoms with van der Waals surface area (Å²) in [7, 11) is 0. The average molecular weight is 343 g/mol. The number of benzene rings is 1. The van der Waals surface area contributed by atoms with Crippen LogP contribution >= 0.6 is 0 Å². The maximum atomic E-state index is 14.5. The highest BCUT2D eigenvalue weighted by atomic mass is 19.3. The van der Waals surface area contributed by atoms with Crippen molar-refractivity contribution in [1.29, 1.82) is 0 Å². The van der Waals surface area contributed by atoms with Gasteiger partial charge in [-0.1, -0.05) is 5.11 Å². The fourth-order valence-corrected chi connectivity index (χ4v) is 2.25. The van der Waals surface area contributed by atoms with Crippen LogP contribution in [0.2, 0.25) is 0 Å². The van der Waals surface area contributed by atoms with Crippen LogP contribution in [0.5, 0.6) is 0 Å². The smallest absolute Gasteiger partial charge is 0.410 e. The monoisotopic (exact) mass is 343 g/mol. The van der Waals surface area contributed by atoms with Crippen LogP contribution in [0.1, 0.15) is 12.5 Å². The Bertz CT molecular complexity index is 748. The van der Waals surface area contributed by atoms with Crippen LogP contribution < -0.4 is 5.32 Å². The summed E-state index contributed by atoms with van der Waals surface area (Å²) in [5.74, 6) is -5.05. The summed E-state index contributed by atoms with van der Waals surface area (Å²) >= 11 is 0. The van der Waals surface area contributed by atoms with E-state index in [9.17, 15) is 18.0 Å². The molecule has 1 heterocycles. The van der Waals surface area contributed by atoms with Gasteiger partial charge >= 0.3 is 6.09 Å². The lowest BCUT2D eigenvalue weighted by Crippen LogP contribution is -2.45. The van der Waals surface area contributed by atoms with E-state index in [0.29, 0.717) is 0 Å². The summed E-state index contributed by atoms with van der Waals surface area (Å²) in [6.45, 7) is -0.651. The van der Waals surface area contributed by atoms with Crippen LogP contribution in [0.15, 0.2) is 28.3 Å². The Labute approximate surface area is 133 Å². The van der Waals surface area contributed by atoms with Gasteiger partial charge in [0.25, 0.3) is 5.92 Å². The average Bonchev–Trinajstić information content (AvgIpc) is 2.58. The topological polar surface area (TPSA) is 120 Å². The van der Waals surface area contributed by atoms with Crippen molar-refractivity contribution in [3.8, 4) is 0 Å². The van der Waals surface area contributed by atoms with Gasteiger partial charge in [-0.15, -0.1) is 0 Å². The van der Waals surface area contributed by atoms with Crippen LogP contribution in [0.3, 0.4) is 0 Å². The number of alkyl halides is 2. The van der Waals surface area contributed by atoms with E-state index < -0.39 is 48.0 Å². The van der Waals surface area contributed by atoms with E-state index in [1.54, 1.807) is 0 Å². The van der Waals surface area contributed by atoms with Gasteiger partial charge < -0.3 is 9.84 Å². The maximum Gasteiger partial charge on any atom is 0.410 e. The maximum absolute atomic E-state index is 14.5. The first-order valence-corrected chi connectivity index (χ1v) is 6.59. The number of hydrogen-bond acceptors (Lipinski definition) is 4. The zero-order valence-corrected chi connectivity index (χ0v) is 12.3. The molecule has 1 amide bonds. The Kier molecular flexibility index (Phi) is 4.67. The summed E-state index contributed by atoms with van der Waals surface area (Å²) in [5, 5.41) is 13.8. The summed E-state index contributed by atoms with van der Waals surface area (Å²) < 4.78 is 48.0. The number of halogens is 3. The first-order valence-electron chi connectivity index (χ1n) is 6.59. The number of azide groups is 1. The Morgan fingerprint density at radius 2 is 2.25 bits per heavy atom. The summed E-state index contributed by atoms with van der Waals surface area (Å²) in [6.07, 6.45) is -1.52. The highest BCUT2D eigenvalue weighted by Crippen LogP contribution is 2.44. The molecule has 0 aromatic heterocycles. The van der Waals surface area contributed by atoms with Crippen molar-refractivity contribution >= 4 is 17.6 Å². The molecule has 0 saturated carbocycles. The SMILES string of the molecule is CC1(c2cc(N=[N+]=[N-])ccc2F)N=C(NC(=O)O)COCC1(F)F. The molecule has 1 aromatic rings. The Balaban J connectivity index is 2.66. The Hall–Kier alpha value is -2.78. The molecule has 0 saturated heterocycles. The number of ether oxygens (including phenoxy) is 1. The molecule has 0 aliphatic carbocycles. The van der Waals surface area contributed by atoms with Crippen molar-refractivity contribution in [3.05, 3.63) is 40.0 Å². The predicted octanol–water partition coefficient (Wildman–Crippen LogP) is 3.31. The quantitative estimate of drug-likeness (QED) is 0.487. The highest BCUT2D eigenvalue weighted by Gasteiger charge is 2.54. The van der Waals surface area contributed by atoms with Gasteiger partial charge in [-0.25, -0.2) is 18.0 Å². The number of amidine groups is 1. The van der Waals surface area contributed by atoms with E-state index in [1.807, 2.05) is 5.32 Å². The number of nitrogens with one attached hydrogen (secondary N) is 1. The molecule has 1 unspecified atom stereocenters. The molecule has 24 heavy (non-hydrogen) atoms. The van der Waals surface area contributed by atoms with Gasteiger partial charge in [-0.2, -0.15) is 0 Å². The van der Waals surface area contributed by atoms with Crippen molar-refractivity contribution in [2.24, 2.45) is 10.1 Å². The third-order valence-corrected chi connectivity index (χ3v) is 3.48. The molecule has 8 nitrogen and oxygen atoms in total. The molecule has 128 valence electrons. The lowest BCUT2D eigenvalue weighted by molar-refractivity contribution is -0.116. The highest BCUT2D eigenvalue weighted by molar-refractivity contribution is 5.95. The zero-order chi connectivity index (χ0) is 18.0. The molecule has 1 aromatic carbocycles. The molecule has 0 bridgehead atoms. The standard InChI is InChI=1S/C13H12F3N5O3/c1-12(8-4-7(20-21-17)2-3-9(8)14)13(15,16)6-24-5-10(19-12)18-11(22)23/h2-4H,5-6H2,1H3,(H,18,19)(H,22,23). The lowest BCUT2D eigenvalue weighted by Gasteiger charge is -2.33. The molecule has 1 aliphatic rings. The number of carbonyl (C=O) groups is 1. The van der Waals surface area contributed by atoms with Crippen molar-refractivity contribution in [2.75, 3.05) is 13.2 Å². The van der Waals surface area contributed by atoms with Gasteiger partial charge in [0, 0.05) is 16.2 Å². The van der Waals surface area contributed by atoms with Gasteiger partial charge in [0.15, 0.2) is 5.54 Å². The van der Waals surface area contributed by atoms with Crippen molar-refractivity contribution < 1.29 is 27.8 Å². The molecule has 2 rings (SSSR count). The minimum absolute atomic E-state index is 0.0842. The van der Waals surface area contributed by atoms with Crippen LogP contribution in [0, 0.1) is 5.82 Å². The third-order valence-electron chi connectivity index (χ3n) is 3.48. The minimum atomic E-state index is -3.65. The van der Waals surface area contributed by atoms with E-state index in [2.05, 4.69) is 15.0 Å². The van der Waals surface area contributed by atoms with Crippen LogP contribution in [0.4, 0.5) is 23.7 Å². The van der Waals surface area contributed by atoms with Crippen molar-refractivity contribution in [3.63, 3.8) is 0 Å². The van der Waals surface area contributed by atoms with E-state index in [1.165, 1.54) is 0 Å². The Morgan fingerprint density at radius 3 is 2.88 bits per heavy atom. The van der Waals surface area contributed by atoms with E-state index in [0.717, 1.165) is 25.1 Å². The number of carboxylic acid groups (broad SMARTS) is 1. The second kappa shape index (κ2) is 6.38. The molecular weight excluding hydrogens is 331 g/mol. The molecule has 0 fully saturated rings. The van der Waals surface area contributed by atoms with Crippen molar-refractivity contribution in [2.45, 2.75) is 18.4 Å². The number of rotatable bonds is 2. The number of amides is 1. The summed E-state index contributed by atoms with van der Waals surface area (Å²) in [6, 6.07) is 2.93. The Morgan fingerprint density at radius 1 is 1.54 bits per heavy atom. The van der Waals surface area contributed by atoms with Crippen LogP contribution in [-0.2, 0) is 10.3 Å². The van der Waals surface area contributed by atoms with Crippen LogP contribution in [0.25, 0.3) is 10.4 Å². The van der Waals surface area contributed by atoms with Gasteiger partial charge in [0.1, 0.15) is 24.9 Å². The van der Waals surface area contributed by atoms with Crippen LogP contribution in [-0.4, -0.2) is 36.2 Å². The normalized spacial score (nSPS) is 22.8. The summed E-state index contributed by atoms with van der Waals surface area (Å²) in [4.78, 5) is 17.0. The molecule has 2 N–H and O–H groups in total. The second-order valence-corrected chi connectivity index (χ2v) is 5.11. The fraction of sp³-hybridized carbons (Fsp3) is 0.385. The number of hydrogen-bond donors (Lipinski definition) is 2. The lowest BCUT2D eigenvalue weighted by atomic mass is 9.85. The molecule has 11 heteroatoms. The first kappa shape index (κ1) is 17.6. The largest absolute Gasteiger partial charge is 0.465 e. The van der Waals surface area contributed by atoms with Gasteiger partial charge in [-0.05, 0) is 30.7 Å². The molecule has 0 radical (unpaired) electrons. The number of nitrogens with zero attached hydrogens (tertiary/aromatic N) is 4. The summed E-state index contributed by atoms with van der Waals surface area (Å²) in [5.41, 5.74) is 5.34. The molecule has 1 aliphatic heterocycles. The van der Waals surface area contributed by atoms with Gasteiger partial charge in [0.2, 0.25) is 0 Å². The molecule has 0 spiro atoms. The minimum Gasteiger partial charge on any atom is -0.465 e. The van der Waals surface area contributed by atoms with E-state index in [-0.39, 0.29) is 5.69 Å². The molecule has 1 atom stereocenters. The van der Waals surface area contributed by atoms with Gasteiger partial charge in [0.05, 0.1) is 0 Å². The van der Waals surface area contributed by atoms with Crippen molar-refractivity contribution in [1.82, 2.24) is 5.32 Å². The second-order valence-electron chi connectivity index (χ2n) is 5.11. The third kappa shape index (κ3) is 3.26. The van der Waals surface area contributed by atoms with E-state index >= 15 is 0 Å². The molecular formula is C13H12F3N5O3. The predicted molar refractivity (Wildman–Crippen MR) is 76.9 cm³/mol. The van der Waals surface area contributed by atoms with Gasteiger partial charge in [-0.3, -0.25) is 10.3 Å². The number of aliphatic imine (C=N–C) groups is 1. The first-order chi connectivity index (χ1) is 11.2.